The van der Waals surface area contributed by atoms with Crippen molar-refractivity contribution in [2.45, 2.75) is 25.9 Å². The van der Waals surface area contributed by atoms with Gasteiger partial charge in [0.1, 0.15) is 0 Å². The van der Waals surface area contributed by atoms with Crippen molar-refractivity contribution in [3.63, 3.8) is 0 Å². The number of amides is 1. The summed E-state index contributed by atoms with van der Waals surface area (Å²) in [6.07, 6.45) is 0. The van der Waals surface area contributed by atoms with Gasteiger partial charge in [-0.05, 0) is 12.5 Å². The molecule has 0 bridgehead atoms. The number of aliphatic carboxylic acids is 1. The van der Waals surface area contributed by atoms with E-state index < -0.39 is 17.9 Å². The average molecular weight is 250 g/mol. The van der Waals surface area contributed by atoms with Gasteiger partial charge in [0, 0.05) is 12.0 Å². The molecule has 2 unspecified atom stereocenters. The van der Waals surface area contributed by atoms with Gasteiger partial charge in [-0.3, -0.25) is 4.79 Å². The first kappa shape index (κ1) is 14.2. The van der Waals surface area contributed by atoms with Gasteiger partial charge in [0.05, 0.1) is 0 Å². The lowest BCUT2D eigenvalue weighted by Crippen LogP contribution is -2.42. The van der Waals surface area contributed by atoms with E-state index in [0.717, 1.165) is 0 Å². The second-order valence-corrected chi connectivity index (χ2v) is 4.34. The fraction of sp³-hybridized carbons (Fsp3) is 0.385. The molecular weight excluding hydrogens is 232 g/mol. The highest BCUT2D eigenvalue weighted by molar-refractivity contribution is 5.86. The molecule has 1 aromatic rings. The molecule has 0 aliphatic rings. The zero-order valence-electron chi connectivity index (χ0n) is 10.5. The minimum Gasteiger partial charge on any atom is -0.479 e. The second-order valence-electron chi connectivity index (χ2n) is 4.34. The van der Waals surface area contributed by atoms with Crippen molar-refractivity contribution in [2.75, 3.05) is 0 Å². The van der Waals surface area contributed by atoms with E-state index in [0.29, 0.717) is 5.56 Å². The van der Waals surface area contributed by atoms with Crippen LogP contribution < -0.4 is 11.1 Å². The molecule has 0 radical (unpaired) electrons. The highest BCUT2D eigenvalue weighted by Gasteiger charge is 2.25. The number of nitrogens with two attached hydrogens (primary N) is 1. The number of carbonyl (C=O) groups is 2. The first-order valence-electron chi connectivity index (χ1n) is 5.77. The maximum Gasteiger partial charge on any atom is 0.330 e. The van der Waals surface area contributed by atoms with Crippen LogP contribution in [-0.2, 0) is 9.59 Å². The molecule has 0 saturated heterocycles. The van der Waals surface area contributed by atoms with Crippen molar-refractivity contribution in [3.8, 4) is 0 Å². The largest absolute Gasteiger partial charge is 0.479 e. The van der Waals surface area contributed by atoms with Gasteiger partial charge in [0.15, 0.2) is 6.04 Å². The SMILES string of the molecule is CC(N)C(C)C(=O)N[C@@H](C(=O)O)c1ccccc1. The van der Waals surface area contributed by atoms with E-state index in [4.69, 9.17) is 10.8 Å². The van der Waals surface area contributed by atoms with Crippen LogP contribution >= 0.6 is 0 Å². The summed E-state index contributed by atoms with van der Waals surface area (Å²) in [5.74, 6) is -1.89. The van der Waals surface area contributed by atoms with Gasteiger partial charge in [0.2, 0.25) is 5.91 Å². The Balaban J connectivity index is 2.83. The second kappa shape index (κ2) is 6.16. The maximum atomic E-state index is 11.8. The highest BCUT2D eigenvalue weighted by Crippen LogP contribution is 2.14. The van der Waals surface area contributed by atoms with Crippen LogP contribution in [0.15, 0.2) is 30.3 Å². The Morgan fingerprint density at radius 3 is 2.22 bits per heavy atom. The van der Waals surface area contributed by atoms with E-state index >= 15 is 0 Å². The lowest BCUT2D eigenvalue weighted by Gasteiger charge is -2.20. The highest BCUT2D eigenvalue weighted by atomic mass is 16.4. The fourth-order valence-corrected chi connectivity index (χ4v) is 1.45. The average Bonchev–Trinajstić information content (AvgIpc) is 2.35. The Morgan fingerprint density at radius 2 is 1.78 bits per heavy atom. The number of hydrogen-bond acceptors (Lipinski definition) is 3. The molecule has 0 aliphatic heterocycles. The standard InChI is InChI=1S/C13H18N2O3/c1-8(9(2)14)12(16)15-11(13(17)18)10-6-4-3-5-7-10/h3-9,11H,14H2,1-2H3,(H,15,16)(H,17,18)/t8?,9?,11-/m1/s1. The van der Waals surface area contributed by atoms with Gasteiger partial charge in [0.25, 0.3) is 0 Å². The predicted molar refractivity (Wildman–Crippen MR) is 67.8 cm³/mol. The van der Waals surface area contributed by atoms with Crippen LogP contribution in [-0.4, -0.2) is 23.0 Å². The van der Waals surface area contributed by atoms with Crippen LogP contribution in [0.3, 0.4) is 0 Å². The number of carboxylic acids is 1. The minimum atomic E-state index is -1.09. The van der Waals surface area contributed by atoms with Gasteiger partial charge < -0.3 is 16.2 Å². The third-order valence-corrected chi connectivity index (χ3v) is 2.87. The minimum absolute atomic E-state index is 0.324. The molecule has 0 heterocycles. The Labute approximate surface area is 106 Å². The number of benzene rings is 1. The Kier molecular flexibility index (Phi) is 4.85. The first-order valence-corrected chi connectivity index (χ1v) is 5.77. The van der Waals surface area contributed by atoms with Crippen LogP contribution in [0.1, 0.15) is 25.5 Å². The van der Waals surface area contributed by atoms with Gasteiger partial charge >= 0.3 is 5.97 Å². The topological polar surface area (TPSA) is 92.4 Å². The maximum absolute atomic E-state index is 11.8. The molecule has 1 amide bonds. The van der Waals surface area contributed by atoms with E-state index in [9.17, 15) is 9.59 Å². The summed E-state index contributed by atoms with van der Waals surface area (Å²) in [6.45, 7) is 3.38. The van der Waals surface area contributed by atoms with Crippen molar-refractivity contribution >= 4 is 11.9 Å². The summed E-state index contributed by atoms with van der Waals surface area (Å²) in [4.78, 5) is 23.0. The van der Waals surface area contributed by atoms with Crippen molar-refractivity contribution in [1.82, 2.24) is 5.32 Å². The smallest absolute Gasteiger partial charge is 0.330 e. The zero-order valence-corrected chi connectivity index (χ0v) is 10.5. The van der Waals surface area contributed by atoms with Crippen LogP contribution in [0, 0.1) is 5.92 Å². The van der Waals surface area contributed by atoms with Crippen molar-refractivity contribution < 1.29 is 14.7 Å². The number of hydrogen-bond donors (Lipinski definition) is 3. The monoisotopic (exact) mass is 250 g/mol. The Morgan fingerprint density at radius 1 is 1.22 bits per heavy atom. The normalized spacial score (nSPS) is 15.5. The van der Waals surface area contributed by atoms with Gasteiger partial charge in [-0.1, -0.05) is 37.3 Å². The molecular formula is C13H18N2O3. The Bertz CT molecular complexity index is 418. The summed E-state index contributed by atoms with van der Waals surface area (Å²) >= 11 is 0. The van der Waals surface area contributed by atoms with E-state index in [-0.39, 0.29) is 11.9 Å². The van der Waals surface area contributed by atoms with Crippen molar-refractivity contribution in [1.29, 1.82) is 0 Å². The molecule has 18 heavy (non-hydrogen) atoms. The molecule has 0 spiro atoms. The molecule has 5 heteroatoms. The van der Waals surface area contributed by atoms with E-state index in [2.05, 4.69) is 5.32 Å². The molecule has 1 rings (SSSR count). The molecule has 4 N–H and O–H groups in total. The first-order chi connectivity index (χ1) is 8.43. The lowest BCUT2D eigenvalue weighted by atomic mass is 10.0. The molecule has 0 aromatic heterocycles. The lowest BCUT2D eigenvalue weighted by molar-refractivity contribution is -0.142. The van der Waals surface area contributed by atoms with Crippen molar-refractivity contribution in [2.24, 2.45) is 11.7 Å². The van der Waals surface area contributed by atoms with Crippen LogP contribution in [0.2, 0.25) is 0 Å². The van der Waals surface area contributed by atoms with E-state index in [1.807, 2.05) is 0 Å². The summed E-state index contributed by atoms with van der Waals surface area (Å²) in [5.41, 5.74) is 6.16. The number of nitrogens with one attached hydrogen (secondary N) is 1. The number of carbonyl (C=O) groups excluding carboxylic acids is 1. The fourth-order valence-electron chi connectivity index (χ4n) is 1.45. The molecule has 0 fully saturated rings. The zero-order chi connectivity index (χ0) is 13.7. The molecule has 98 valence electrons. The molecule has 3 atom stereocenters. The summed E-state index contributed by atoms with van der Waals surface area (Å²) < 4.78 is 0. The third-order valence-electron chi connectivity index (χ3n) is 2.87. The van der Waals surface area contributed by atoms with Gasteiger partial charge in [-0.2, -0.15) is 0 Å². The predicted octanol–water partition coefficient (Wildman–Crippen LogP) is 0.912. The molecule has 0 saturated carbocycles. The Hall–Kier alpha value is -1.88. The summed E-state index contributed by atoms with van der Waals surface area (Å²) in [5, 5.41) is 11.6. The molecule has 5 nitrogen and oxygen atoms in total. The van der Waals surface area contributed by atoms with Crippen LogP contribution in [0.5, 0.6) is 0 Å². The number of carboxylic acid groups (broad SMARTS) is 1. The van der Waals surface area contributed by atoms with Gasteiger partial charge in [-0.25, -0.2) is 4.79 Å². The number of rotatable bonds is 5. The van der Waals surface area contributed by atoms with Crippen molar-refractivity contribution in [3.05, 3.63) is 35.9 Å². The van der Waals surface area contributed by atoms with Crippen LogP contribution in [0.4, 0.5) is 0 Å². The van der Waals surface area contributed by atoms with E-state index in [1.54, 1.807) is 44.2 Å². The quantitative estimate of drug-likeness (QED) is 0.724. The summed E-state index contributed by atoms with van der Waals surface area (Å²) in [7, 11) is 0. The summed E-state index contributed by atoms with van der Waals surface area (Å²) in [6, 6.07) is 7.20. The van der Waals surface area contributed by atoms with Crippen LogP contribution in [0.25, 0.3) is 0 Å². The van der Waals surface area contributed by atoms with Gasteiger partial charge in [-0.15, -0.1) is 0 Å². The molecule has 0 aliphatic carbocycles. The molecule has 1 aromatic carbocycles. The third kappa shape index (κ3) is 3.56. The van der Waals surface area contributed by atoms with E-state index in [1.165, 1.54) is 0 Å².